The molecule has 0 radical (unpaired) electrons. The van der Waals surface area contributed by atoms with Crippen molar-refractivity contribution in [3.8, 4) is 0 Å². The van der Waals surface area contributed by atoms with Crippen LogP contribution in [0.5, 0.6) is 0 Å². The molecule has 5 fully saturated rings. The molecule has 1 saturated heterocycles. The minimum atomic E-state index is -0.410. The lowest BCUT2D eigenvalue weighted by atomic mass is 9.47. The van der Waals surface area contributed by atoms with Gasteiger partial charge in [-0.25, -0.2) is 0 Å². The molecule has 8 unspecified atom stereocenters. The molecule has 4 aliphatic carbocycles. The van der Waals surface area contributed by atoms with Crippen molar-refractivity contribution in [1.29, 1.82) is 0 Å². The molecule has 5 nitrogen and oxygen atoms in total. The summed E-state index contributed by atoms with van der Waals surface area (Å²) in [4.78, 5) is 1.91. The molecule has 0 amide bonds. The maximum Gasteiger partial charge on any atom is 0.0710 e. The third-order valence-electron chi connectivity index (χ3n) is 10.7. The van der Waals surface area contributed by atoms with Crippen LogP contribution in [0.25, 0.3) is 0 Å². The lowest BCUT2D eigenvalue weighted by molar-refractivity contribution is -0.192. The van der Waals surface area contributed by atoms with Crippen molar-refractivity contribution in [3.63, 3.8) is 0 Å². The second-order valence-electron chi connectivity index (χ2n) is 12.3. The van der Waals surface area contributed by atoms with Crippen LogP contribution in [-0.4, -0.2) is 38.9 Å². The summed E-state index contributed by atoms with van der Waals surface area (Å²) >= 11 is 0. The minimum absolute atomic E-state index is 0.232. The zero-order valence-electron chi connectivity index (χ0n) is 18.8. The van der Waals surface area contributed by atoms with E-state index in [4.69, 9.17) is 4.74 Å². The van der Waals surface area contributed by atoms with Gasteiger partial charge in [-0.05, 0) is 106 Å². The van der Waals surface area contributed by atoms with E-state index >= 15 is 0 Å². The Morgan fingerprint density at radius 2 is 1.70 bits per heavy atom. The van der Waals surface area contributed by atoms with Crippen LogP contribution in [0.2, 0.25) is 0 Å². The van der Waals surface area contributed by atoms with Crippen LogP contribution >= 0.6 is 0 Å². The monoisotopic (exact) mass is 413 g/mol. The van der Waals surface area contributed by atoms with Gasteiger partial charge in [0.2, 0.25) is 0 Å². The first-order chi connectivity index (χ1) is 14.4. The largest absolute Gasteiger partial charge is 0.390 e. The van der Waals surface area contributed by atoms with Gasteiger partial charge >= 0.3 is 0 Å². The summed E-state index contributed by atoms with van der Waals surface area (Å²) in [6, 6.07) is 0. The molecule has 4 saturated carbocycles. The zero-order chi connectivity index (χ0) is 20.6. The molecule has 1 aromatic heterocycles. The van der Waals surface area contributed by atoms with Crippen LogP contribution in [0.4, 0.5) is 0 Å². The van der Waals surface area contributed by atoms with Crippen LogP contribution in [0.1, 0.15) is 71.6 Å². The Kier molecular flexibility index (Phi) is 4.46. The number of aromatic nitrogens is 3. The fraction of sp³-hybridized carbons (Fsp3) is 0.920. The molecule has 5 aliphatic rings. The van der Waals surface area contributed by atoms with Crippen molar-refractivity contribution in [2.24, 2.45) is 46.3 Å². The third kappa shape index (κ3) is 2.87. The predicted molar refractivity (Wildman–Crippen MR) is 114 cm³/mol. The van der Waals surface area contributed by atoms with Gasteiger partial charge in [-0.3, -0.25) is 0 Å². The Morgan fingerprint density at radius 1 is 0.933 bits per heavy atom. The van der Waals surface area contributed by atoms with E-state index in [0.717, 1.165) is 68.1 Å². The first-order valence-electron chi connectivity index (χ1n) is 12.5. The molecule has 0 aromatic carbocycles. The number of nitrogens with zero attached hydrogens (tertiary/aromatic N) is 3. The molecular weight excluding hydrogens is 374 g/mol. The van der Waals surface area contributed by atoms with E-state index in [1.807, 2.05) is 4.80 Å². The average Bonchev–Trinajstić information content (AvgIpc) is 3.31. The van der Waals surface area contributed by atoms with Crippen molar-refractivity contribution in [1.82, 2.24) is 15.0 Å². The van der Waals surface area contributed by atoms with Gasteiger partial charge in [0, 0.05) is 5.41 Å². The lowest BCUT2D eigenvalue weighted by Crippen LogP contribution is -2.57. The molecule has 30 heavy (non-hydrogen) atoms. The second-order valence-corrected chi connectivity index (χ2v) is 12.3. The standard InChI is InChI=1S/C25H39N3O2/c1-23(29)9-7-18-17(13-23)3-4-20-19(18)8-10-24(2)21(20)5-6-22(24)25(15-30-16-25)14-28-26-11-12-27-28/h11-12,17-22,29H,3-10,13-16H2,1-2H3. The number of rotatable bonds is 3. The highest BCUT2D eigenvalue weighted by molar-refractivity contribution is 5.11. The highest BCUT2D eigenvalue weighted by atomic mass is 16.5. The zero-order valence-corrected chi connectivity index (χ0v) is 18.8. The summed E-state index contributed by atoms with van der Waals surface area (Å²) in [6.45, 7) is 7.40. The van der Waals surface area contributed by atoms with E-state index in [2.05, 4.69) is 24.0 Å². The lowest BCUT2D eigenvalue weighted by Gasteiger charge is -2.59. The molecule has 8 atom stereocenters. The Morgan fingerprint density at radius 3 is 2.43 bits per heavy atom. The topological polar surface area (TPSA) is 60.2 Å². The van der Waals surface area contributed by atoms with Crippen molar-refractivity contribution in [2.45, 2.75) is 83.8 Å². The quantitative estimate of drug-likeness (QED) is 0.802. The fourth-order valence-corrected chi connectivity index (χ4v) is 9.46. The highest BCUT2D eigenvalue weighted by Crippen LogP contribution is 2.68. The summed E-state index contributed by atoms with van der Waals surface area (Å²) in [5, 5.41) is 19.5. The predicted octanol–water partition coefficient (Wildman–Crippen LogP) is 4.31. The van der Waals surface area contributed by atoms with Gasteiger partial charge in [0.15, 0.2) is 0 Å². The van der Waals surface area contributed by atoms with Gasteiger partial charge < -0.3 is 9.84 Å². The van der Waals surface area contributed by atoms with E-state index in [0.29, 0.717) is 5.41 Å². The van der Waals surface area contributed by atoms with E-state index < -0.39 is 5.60 Å². The summed E-state index contributed by atoms with van der Waals surface area (Å²) in [7, 11) is 0. The first kappa shape index (κ1) is 19.7. The maximum absolute atomic E-state index is 10.6. The van der Waals surface area contributed by atoms with Crippen molar-refractivity contribution in [3.05, 3.63) is 12.4 Å². The normalized spacial score (nSPS) is 49.6. The summed E-state index contributed by atoms with van der Waals surface area (Å²) in [5.74, 6) is 5.10. The van der Waals surface area contributed by atoms with Crippen LogP contribution in [0.3, 0.4) is 0 Å². The van der Waals surface area contributed by atoms with Gasteiger partial charge in [-0.2, -0.15) is 15.0 Å². The molecule has 1 N–H and O–H groups in total. The Hall–Kier alpha value is -0.940. The molecule has 0 spiro atoms. The number of aliphatic hydroxyl groups is 1. The van der Waals surface area contributed by atoms with Crippen molar-refractivity contribution in [2.75, 3.05) is 13.2 Å². The molecule has 0 bridgehead atoms. The molecule has 1 aliphatic heterocycles. The molecular formula is C25H39N3O2. The summed E-state index contributed by atoms with van der Waals surface area (Å²) < 4.78 is 5.83. The number of ether oxygens (including phenoxy) is 1. The maximum atomic E-state index is 10.6. The van der Waals surface area contributed by atoms with Gasteiger partial charge in [0.05, 0.1) is 37.8 Å². The smallest absolute Gasteiger partial charge is 0.0710 e. The summed E-state index contributed by atoms with van der Waals surface area (Å²) in [5.41, 5.74) is 0.272. The third-order valence-corrected chi connectivity index (χ3v) is 10.7. The van der Waals surface area contributed by atoms with Gasteiger partial charge in [0.25, 0.3) is 0 Å². The molecule has 166 valence electrons. The minimum Gasteiger partial charge on any atom is -0.390 e. The second kappa shape index (κ2) is 6.78. The van der Waals surface area contributed by atoms with Crippen LogP contribution < -0.4 is 0 Å². The molecule has 6 rings (SSSR count). The van der Waals surface area contributed by atoms with Crippen molar-refractivity contribution >= 4 is 0 Å². The van der Waals surface area contributed by atoms with E-state index in [1.54, 1.807) is 12.4 Å². The molecule has 2 heterocycles. The Labute approximate surface area is 180 Å². The van der Waals surface area contributed by atoms with E-state index in [9.17, 15) is 5.11 Å². The number of hydrogen-bond acceptors (Lipinski definition) is 4. The fourth-order valence-electron chi connectivity index (χ4n) is 9.46. The number of hydrogen-bond donors (Lipinski definition) is 1. The van der Waals surface area contributed by atoms with Crippen LogP contribution in [0.15, 0.2) is 12.4 Å². The Bertz CT molecular complexity index is 773. The van der Waals surface area contributed by atoms with E-state index in [1.165, 1.54) is 44.9 Å². The molecule has 1 aromatic rings. The van der Waals surface area contributed by atoms with E-state index in [-0.39, 0.29) is 5.41 Å². The first-order valence-corrected chi connectivity index (χ1v) is 12.5. The van der Waals surface area contributed by atoms with Crippen LogP contribution in [-0.2, 0) is 11.3 Å². The average molecular weight is 414 g/mol. The highest BCUT2D eigenvalue weighted by Gasteiger charge is 2.63. The Balaban J connectivity index is 1.23. The van der Waals surface area contributed by atoms with Gasteiger partial charge in [-0.15, -0.1) is 0 Å². The van der Waals surface area contributed by atoms with Crippen molar-refractivity contribution < 1.29 is 9.84 Å². The van der Waals surface area contributed by atoms with Gasteiger partial charge in [-0.1, -0.05) is 6.92 Å². The van der Waals surface area contributed by atoms with Gasteiger partial charge in [0.1, 0.15) is 0 Å². The molecule has 5 heteroatoms. The SMILES string of the molecule is CC1(O)CCC2C(CCC3C2CCC2(C)C3CCC2C2(Cn3nccn3)COC2)C1. The summed E-state index contributed by atoms with van der Waals surface area (Å²) in [6.07, 6.45) is 15.2. The number of fused-ring (bicyclic) bond motifs is 5. The van der Waals surface area contributed by atoms with Crippen LogP contribution in [0, 0.1) is 46.3 Å².